The van der Waals surface area contributed by atoms with Crippen LogP contribution >= 0.6 is 0 Å². The number of halogens is 5. The summed E-state index contributed by atoms with van der Waals surface area (Å²) in [5, 5.41) is 17.2. The molecule has 0 saturated carbocycles. The van der Waals surface area contributed by atoms with Gasteiger partial charge in [0, 0.05) is 11.6 Å². The zero-order valence-electron chi connectivity index (χ0n) is 14.7. The fourth-order valence-corrected chi connectivity index (χ4v) is 2.71. The molecule has 2 N–H and O–H groups in total. The second kappa shape index (κ2) is 6.97. The van der Waals surface area contributed by atoms with E-state index < -0.39 is 29.9 Å². The Bertz CT molecular complexity index is 963. The van der Waals surface area contributed by atoms with Crippen LogP contribution in [0.3, 0.4) is 0 Å². The predicted octanol–water partition coefficient (Wildman–Crippen LogP) is 4.00. The van der Waals surface area contributed by atoms with E-state index in [1.54, 1.807) is 0 Å². The molecule has 0 saturated heterocycles. The molecule has 0 spiro atoms. The Kier molecular flexibility index (Phi) is 4.96. The number of benzene rings is 1. The van der Waals surface area contributed by atoms with Crippen molar-refractivity contribution in [2.45, 2.75) is 38.1 Å². The van der Waals surface area contributed by atoms with Crippen molar-refractivity contribution < 1.29 is 27.1 Å². The van der Waals surface area contributed by atoms with Crippen LogP contribution in [-0.4, -0.2) is 30.3 Å². The normalized spacial score (nSPS) is 13.9. The molecule has 0 aliphatic heterocycles. The second-order valence-electron chi connectivity index (χ2n) is 6.69. The summed E-state index contributed by atoms with van der Waals surface area (Å²) in [4.78, 5) is 7.10. The molecule has 0 fully saturated rings. The van der Waals surface area contributed by atoms with E-state index in [-0.39, 0.29) is 17.2 Å². The molecule has 2 aromatic heterocycles. The largest absolute Gasteiger partial charge is 0.433 e. The molecule has 1 aromatic carbocycles. The van der Waals surface area contributed by atoms with E-state index in [9.17, 15) is 27.1 Å². The van der Waals surface area contributed by atoms with E-state index in [2.05, 4.69) is 20.4 Å². The van der Waals surface area contributed by atoms with Crippen molar-refractivity contribution in [3.05, 3.63) is 53.5 Å². The van der Waals surface area contributed by atoms with Gasteiger partial charge in [-0.15, -0.1) is 0 Å². The van der Waals surface area contributed by atoms with Crippen LogP contribution in [0.2, 0.25) is 0 Å². The Morgan fingerprint density at radius 1 is 1.07 bits per heavy atom. The fraction of sp³-hybridized carbons (Fsp3) is 0.353. The van der Waals surface area contributed by atoms with Crippen LogP contribution in [0.1, 0.15) is 43.1 Å². The molecule has 0 bridgehead atoms. The van der Waals surface area contributed by atoms with Crippen LogP contribution in [0.15, 0.2) is 36.7 Å². The van der Waals surface area contributed by atoms with Gasteiger partial charge in [0.15, 0.2) is 5.69 Å². The number of aliphatic hydroxyl groups is 1. The van der Waals surface area contributed by atoms with Crippen LogP contribution in [0.25, 0.3) is 5.78 Å². The lowest BCUT2D eigenvalue weighted by atomic mass is 9.91. The molecule has 3 rings (SSSR count). The number of nitrogens with zero attached hydrogens (tertiary/aromatic N) is 4. The van der Waals surface area contributed by atoms with E-state index in [0.29, 0.717) is 5.56 Å². The lowest BCUT2D eigenvalue weighted by Crippen LogP contribution is -2.35. The van der Waals surface area contributed by atoms with E-state index in [1.807, 2.05) is 0 Å². The van der Waals surface area contributed by atoms with Gasteiger partial charge < -0.3 is 10.4 Å². The standard InChI is InChI=1S/C17H16F5N5O/c1-16(2,28)13(9-3-5-10(6-4-9)14(18)19)26-12-7-11(17(20,21)22)25-15-23-8-24-27(12)15/h3-8,13-14,26,28H,1-2H3/t13-/m0/s1. The van der Waals surface area contributed by atoms with Crippen LogP contribution in [0, 0.1) is 0 Å². The van der Waals surface area contributed by atoms with Crippen molar-refractivity contribution in [1.82, 2.24) is 19.6 Å². The number of aromatic nitrogens is 4. The van der Waals surface area contributed by atoms with E-state index in [1.165, 1.54) is 38.1 Å². The molecular weight excluding hydrogens is 385 g/mol. The number of hydrogen-bond acceptors (Lipinski definition) is 5. The number of hydrogen-bond donors (Lipinski definition) is 2. The summed E-state index contributed by atoms with van der Waals surface area (Å²) >= 11 is 0. The lowest BCUT2D eigenvalue weighted by Gasteiger charge is -2.31. The first kappa shape index (κ1) is 19.9. The first-order valence-corrected chi connectivity index (χ1v) is 8.11. The smallest absolute Gasteiger partial charge is 0.388 e. The molecule has 0 aliphatic carbocycles. The first-order valence-electron chi connectivity index (χ1n) is 8.11. The summed E-state index contributed by atoms with van der Waals surface area (Å²) in [6.07, 6.45) is -6.33. The van der Waals surface area contributed by atoms with Crippen molar-refractivity contribution in [2.75, 3.05) is 5.32 Å². The molecule has 3 aromatic rings. The Morgan fingerprint density at radius 2 is 1.68 bits per heavy atom. The van der Waals surface area contributed by atoms with Gasteiger partial charge in [-0.05, 0) is 19.4 Å². The highest BCUT2D eigenvalue weighted by Crippen LogP contribution is 2.34. The maximum Gasteiger partial charge on any atom is 0.433 e. The minimum Gasteiger partial charge on any atom is -0.388 e. The number of nitrogens with one attached hydrogen (secondary N) is 1. The van der Waals surface area contributed by atoms with Gasteiger partial charge in [-0.2, -0.15) is 27.8 Å². The molecule has 6 nitrogen and oxygen atoms in total. The third kappa shape index (κ3) is 4.03. The Labute approximate surface area is 156 Å². The van der Waals surface area contributed by atoms with Crippen LogP contribution in [0.5, 0.6) is 0 Å². The zero-order valence-corrected chi connectivity index (χ0v) is 14.7. The third-order valence-corrected chi connectivity index (χ3v) is 4.06. The van der Waals surface area contributed by atoms with Gasteiger partial charge in [0.1, 0.15) is 12.1 Å². The van der Waals surface area contributed by atoms with Gasteiger partial charge in [-0.3, -0.25) is 0 Å². The summed E-state index contributed by atoms with van der Waals surface area (Å²) in [7, 11) is 0. The third-order valence-electron chi connectivity index (χ3n) is 4.06. The zero-order chi connectivity index (χ0) is 20.7. The molecule has 0 aliphatic rings. The molecule has 1 atom stereocenters. The van der Waals surface area contributed by atoms with Gasteiger partial charge in [0.05, 0.1) is 11.6 Å². The van der Waals surface area contributed by atoms with Gasteiger partial charge >= 0.3 is 6.18 Å². The number of anilines is 1. The minimum absolute atomic E-state index is 0.111. The summed E-state index contributed by atoms with van der Waals surface area (Å²) in [6, 6.07) is 4.95. The molecule has 0 unspecified atom stereocenters. The number of fused-ring (bicyclic) bond motifs is 1. The topological polar surface area (TPSA) is 75.3 Å². The minimum atomic E-state index is -4.72. The average molecular weight is 401 g/mol. The van der Waals surface area contributed by atoms with E-state index >= 15 is 0 Å². The summed E-state index contributed by atoms with van der Waals surface area (Å²) in [6.45, 7) is 2.88. The van der Waals surface area contributed by atoms with Crippen LogP contribution in [-0.2, 0) is 6.18 Å². The van der Waals surface area contributed by atoms with Crippen molar-refractivity contribution in [1.29, 1.82) is 0 Å². The monoisotopic (exact) mass is 401 g/mol. The van der Waals surface area contributed by atoms with Crippen LogP contribution < -0.4 is 5.32 Å². The average Bonchev–Trinajstić information content (AvgIpc) is 3.06. The maximum absolute atomic E-state index is 13.1. The summed E-state index contributed by atoms with van der Waals surface area (Å²) < 4.78 is 66.1. The van der Waals surface area contributed by atoms with Gasteiger partial charge in [-0.1, -0.05) is 24.3 Å². The lowest BCUT2D eigenvalue weighted by molar-refractivity contribution is -0.141. The first-order chi connectivity index (χ1) is 13.0. The fourth-order valence-electron chi connectivity index (χ4n) is 2.71. The predicted molar refractivity (Wildman–Crippen MR) is 89.8 cm³/mol. The SMILES string of the molecule is CC(C)(O)[C@@H](Nc1cc(C(F)(F)F)nc2ncnn12)c1ccc(C(F)F)cc1. The number of alkyl halides is 5. The van der Waals surface area contributed by atoms with Gasteiger partial charge in [0.25, 0.3) is 12.2 Å². The highest BCUT2D eigenvalue weighted by Gasteiger charge is 2.35. The maximum atomic E-state index is 13.1. The van der Waals surface area contributed by atoms with Crippen molar-refractivity contribution >= 4 is 11.6 Å². The van der Waals surface area contributed by atoms with Crippen LogP contribution in [0.4, 0.5) is 27.8 Å². The molecule has 11 heteroatoms. The molecule has 0 radical (unpaired) electrons. The summed E-state index contributed by atoms with van der Waals surface area (Å²) in [5.74, 6) is -0.389. The van der Waals surface area contributed by atoms with Crippen molar-refractivity contribution in [2.24, 2.45) is 0 Å². The van der Waals surface area contributed by atoms with Crippen molar-refractivity contribution in [3.63, 3.8) is 0 Å². The van der Waals surface area contributed by atoms with E-state index in [0.717, 1.165) is 16.9 Å². The Balaban J connectivity index is 2.06. The van der Waals surface area contributed by atoms with Gasteiger partial charge in [-0.25, -0.2) is 13.8 Å². The van der Waals surface area contributed by atoms with Crippen molar-refractivity contribution in [3.8, 4) is 0 Å². The molecular formula is C17H16F5N5O. The number of rotatable bonds is 5. The Hall–Kier alpha value is -2.82. The van der Waals surface area contributed by atoms with Gasteiger partial charge in [0.2, 0.25) is 0 Å². The summed E-state index contributed by atoms with van der Waals surface area (Å²) in [5.41, 5.74) is -2.45. The molecule has 2 heterocycles. The van der Waals surface area contributed by atoms with E-state index in [4.69, 9.17) is 0 Å². The quantitative estimate of drug-likeness (QED) is 0.632. The molecule has 28 heavy (non-hydrogen) atoms. The second-order valence-corrected chi connectivity index (χ2v) is 6.69. The molecule has 0 amide bonds. The highest BCUT2D eigenvalue weighted by molar-refractivity contribution is 5.48. The molecule has 150 valence electrons. The Morgan fingerprint density at radius 3 is 2.21 bits per heavy atom. The highest BCUT2D eigenvalue weighted by atomic mass is 19.4.